The largest absolute Gasteiger partial charge is 0.490 e. The first-order valence-corrected chi connectivity index (χ1v) is 14.3. The maximum absolute atomic E-state index is 5.94. The summed E-state index contributed by atoms with van der Waals surface area (Å²) >= 11 is 0. The van der Waals surface area contributed by atoms with Crippen LogP contribution in [0, 0.1) is 0 Å². The molecular formula is C30H44O2P. The van der Waals surface area contributed by atoms with Crippen LogP contribution in [0.1, 0.15) is 91.9 Å². The molecule has 0 aliphatic heterocycles. The van der Waals surface area contributed by atoms with Crippen LogP contribution in [-0.4, -0.2) is 23.5 Å². The van der Waals surface area contributed by atoms with E-state index in [1.807, 2.05) is 72.7 Å². The molecule has 2 fully saturated rings. The van der Waals surface area contributed by atoms with E-state index >= 15 is 0 Å². The highest BCUT2D eigenvalue weighted by Crippen LogP contribution is 2.42. The molecule has 1 radical (unpaired) electrons. The Labute approximate surface area is 204 Å². The second-order valence-electron chi connectivity index (χ2n) is 10.1. The van der Waals surface area contributed by atoms with E-state index in [1.54, 1.807) is 0 Å². The van der Waals surface area contributed by atoms with Gasteiger partial charge >= 0.3 is 0 Å². The first-order valence-electron chi connectivity index (χ1n) is 13.2. The molecule has 181 valence electrons. The van der Waals surface area contributed by atoms with Gasteiger partial charge < -0.3 is 9.47 Å². The van der Waals surface area contributed by atoms with Gasteiger partial charge in [0.25, 0.3) is 0 Å². The average Bonchev–Trinajstić information content (AvgIpc) is 2.81. The van der Waals surface area contributed by atoms with Crippen LogP contribution in [0.2, 0.25) is 0 Å². The summed E-state index contributed by atoms with van der Waals surface area (Å²) in [4.78, 5) is 0. The molecule has 2 aromatic carbocycles. The highest BCUT2D eigenvalue weighted by molar-refractivity contribution is 7.39. The van der Waals surface area contributed by atoms with Gasteiger partial charge in [-0.15, -0.1) is 0 Å². The smallest absolute Gasteiger partial charge is 0.131 e. The molecule has 4 rings (SSSR count). The Morgan fingerprint density at radius 2 is 1.06 bits per heavy atom. The maximum Gasteiger partial charge on any atom is 0.131 e. The van der Waals surface area contributed by atoms with Crippen molar-refractivity contribution in [2.24, 2.45) is 0 Å². The third-order valence-corrected chi connectivity index (χ3v) is 8.22. The van der Waals surface area contributed by atoms with Gasteiger partial charge in [-0.1, -0.05) is 83.5 Å². The lowest BCUT2D eigenvalue weighted by molar-refractivity contribution is 0.231. The summed E-state index contributed by atoms with van der Waals surface area (Å²) in [5, 5.41) is 0. The van der Waals surface area contributed by atoms with Gasteiger partial charge in [0.05, 0.1) is 17.8 Å². The molecule has 0 N–H and O–H groups in total. The highest BCUT2D eigenvalue weighted by Gasteiger charge is 2.21. The van der Waals surface area contributed by atoms with Crippen molar-refractivity contribution in [2.45, 2.75) is 115 Å². The lowest BCUT2D eigenvalue weighted by Gasteiger charge is -2.28. The van der Waals surface area contributed by atoms with E-state index in [0.717, 1.165) is 33.9 Å². The highest BCUT2D eigenvalue weighted by atomic mass is 31.1. The Morgan fingerprint density at radius 3 is 1.48 bits per heavy atom. The second kappa shape index (κ2) is 14.0. The molecule has 0 heterocycles. The summed E-state index contributed by atoms with van der Waals surface area (Å²) in [7, 11) is 1.84. The summed E-state index contributed by atoms with van der Waals surface area (Å²) in [5.41, 5.74) is 4.32. The summed E-state index contributed by atoms with van der Waals surface area (Å²) in [6.07, 6.45) is 15.5. The predicted octanol–water partition coefficient (Wildman–Crippen LogP) is 9.53. The predicted molar refractivity (Wildman–Crippen MR) is 144 cm³/mol. The Morgan fingerprint density at radius 1 is 0.606 bits per heavy atom. The molecule has 2 aromatic rings. The van der Waals surface area contributed by atoms with Crippen molar-refractivity contribution in [1.29, 1.82) is 0 Å². The number of hydrogen-bond acceptors (Lipinski definition) is 2. The molecule has 0 bridgehead atoms. The van der Waals surface area contributed by atoms with Crippen LogP contribution in [0.3, 0.4) is 0 Å². The average molecular weight is 468 g/mol. The fraction of sp³-hybridized carbons (Fsp3) is 0.600. The van der Waals surface area contributed by atoms with Crippen molar-refractivity contribution < 1.29 is 9.47 Å². The fourth-order valence-electron chi connectivity index (χ4n) is 4.86. The van der Waals surface area contributed by atoms with E-state index in [0.29, 0.717) is 0 Å². The third kappa shape index (κ3) is 8.97. The molecule has 2 aliphatic rings. The molecule has 2 saturated carbocycles. The molecule has 3 heteroatoms. The van der Waals surface area contributed by atoms with E-state index in [-0.39, 0.29) is 12.2 Å². The minimum absolute atomic E-state index is 0.131. The molecular weight excluding hydrogens is 423 g/mol. The number of hydrogen-bond donors (Lipinski definition) is 0. The van der Waals surface area contributed by atoms with Crippen LogP contribution >= 0.6 is 8.58 Å². The van der Waals surface area contributed by atoms with Crippen LogP contribution in [0.5, 0.6) is 11.5 Å². The Hall–Kier alpha value is -1.53. The van der Waals surface area contributed by atoms with Gasteiger partial charge in [0.1, 0.15) is 11.5 Å². The van der Waals surface area contributed by atoms with Gasteiger partial charge in [-0.25, -0.2) is 0 Å². The molecule has 0 spiro atoms. The van der Waals surface area contributed by atoms with Crippen molar-refractivity contribution in [3.63, 3.8) is 0 Å². The summed E-state index contributed by atoms with van der Waals surface area (Å²) in [5.74, 6) is 1.73. The molecule has 0 atom stereocenters. The second-order valence-corrected chi connectivity index (χ2v) is 11.8. The molecule has 0 aromatic heterocycles. The van der Waals surface area contributed by atoms with Crippen molar-refractivity contribution >= 4 is 8.58 Å². The van der Waals surface area contributed by atoms with E-state index in [4.69, 9.17) is 9.47 Å². The fourth-order valence-corrected chi connectivity index (χ4v) is 6.79. The maximum atomic E-state index is 5.94. The lowest BCUT2D eigenvalue weighted by atomic mass is 10.00. The third-order valence-electron chi connectivity index (χ3n) is 6.35. The number of rotatable bonds is 7. The summed E-state index contributed by atoms with van der Waals surface area (Å²) in [6.45, 7) is 8.13. The molecule has 0 saturated heterocycles. The normalized spacial score (nSPS) is 17.5. The van der Waals surface area contributed by atoms with Crippen LogP contribution in [-0.2, 0) is 0 Å². The van der Waals surface area contributed by atoms with E-state index in [2.05, 4.69) is 12.1 Å². The van der Waals surface area contributed by atoms with Gasteiger partial charge in [0.15, 0.2) is 0 Å². The van der Waals surface area contributed by atoms with E-state index in [1.165, 1.54) is 64.2 Å². The van der Waals surface area contributed by atoms with E-state index in [9.17, 15) is 0 Å². The van der Waals surface area contributed by atoms with Crippen LogP contribution in [0.4, 0.5) is 0 Å². The lowest BCUT2D eigenvalue weighted by Crippen LogP contribution is -2.14. The van der Waals surface area contributed by atoms with Gasteiger partial charge in [-0.2, -0.15) is 0 Å². The van der Waals surface area contributed by atoms with Crippen molar-refractivity contribution in [1.82, 2.24) is 0 Å². The van der Waals surface area contributed by atoms with E-state index < -0.39 is 0 Å². The Kier molecular flexibility index (Phi) is 11.1. The minimum atomic E-state index is 0.131. The summed E-state index contributed by atoms with van der Waals surface area (Å²) in [6, 6.07) is 16.2. The zero-order valence-electron chi connectivity index (χ0n) is 21.3. The Balaban J connectivity index is 0.000000203. The first-order chi connectivity index (χ1) is 16.0. The zero-order chi connectivity index (χ0) is 23.5. The number of ether oxygens (including phenoxy) is 2. The SMILES string of the molecule is C1CCC([P]C2CCCCC2)CC1.CC(C)Oc1cccc(OC(C)C)c1-c1ccccc1. The van der Waals surface area contributed by atoms with Crippen molar-refractivity contribution in [3.05, 3.63) is 48.5 Å². The molecule has 2 aliphatic carbocycles. The monoisotopic (exact) mass is 467 g/mol. The van der Waals surface area contributed by atoms with Crippen molar-refractivity contribution in [2.75, 3.05) is 0 Å². The van der Waals surface area contributed by atoms with Crippen LogP contribution in [0.15, 0.2) is 48.5 Å². The molecule has 33 heavy (non-hydrogen) atoms. The summed E-state index contributed by atoms with van der Waals surface area (Å²) < 4.78 is 11.9. The van der Waals surface area contributed by atoms with Gasteiger partial charge in [0, 0.05) is 0 Å². The topological polar surface area (TPSA) is 18.5 Å². The minimum Gasteiger partial charge on any atom is -0.490 e. The Bertz CT molecular complexity index is 746. The zero-order valence-corrected chi connectivity index (χ0v) is 22.2. The molecule has 0 unspecified atom stereocenters. The van der Waals surface area contributed by atoms with Gasteiger partial charge in [-0.3, -0.25) is 0 Å². The number of benzene rings is 2. The van der Waals surface area contributed by atoms with Gasteiger partial charge in [0.2, 0.25) is 0 Å². The first kappa shape index (κ1) is 26.1. The van der Waals surface area contributed by atoms with Crippen LogP contribution < -0.4 is 9.47 Å². The standard InChI is InChI=1S/C18H22O2.C12H22P/c1-13(2)19-16-11-8-12-17(20-14(3)4)18(16)15-9-6-5-7-10-15;1-3-7-11(8-4-1)13-12-9-5-2-6-10-12/h5-14H,1-4H3;11-12H,1-10H2. The van der Waals surface area contributed by atoms with Gasteiger partial charge in [-0.05, 0) is 82.4 Å². The molecule has 0 amide bonds. The quantitative estimate of drug-likeness (QED) is 0.377. The molecule has 2 nitrogen and oxygen atoms in total. The van der Waals surface area contributed by atoms with Crippen molar-refractivity contribution in [3.8, 4) is 22.6 Å². The van der Waals surface area contributed by atoms with Crippen LogP contribution in [0.25, 0.3) is 11.1 Å².